The van der Waals surface area contributed by atoms with Crippen LogP contribution in [0.4, 0.5) is 5.69 Å². The lowest BCUT2D eigenvalue weighted by molar-refractivity contribution is 0.696. The van der Waals surface area contributed by atoms with E-state index < -0.39 is 0 Å². The predicted molar refractivity (Wildman–Crippen MR) is 69.8 cm³/mol. The van der Waals surface area contributed by atoms with E-state index in [1.165, 1.54) is 11.3 Å². The first-order valence-electron chi connectivity index (χ1n) is 5.95. The Morgan fingerprint density at radius 3 is 2.44 bits per heavy atom. The minimum atomic E-state index is 0.483. The lowest BCUT2D eigenvalue weighted by Crippen LogP contribution is -2.32. The van der Waals surface area contributed by atoms with Crippen molar-refractivity contribution in [2.24, 2.45) is 5.73 Å². The van der Waals surface area contributed by atoms with Crippen molar-refractivity contribution in [1.29, 1.82) is 0 Å². The summed E-state index contributed by atoms with van der Waals surface area (Å²) in [4.78, 5) is 6.84. The standard InChI is InChI=1S/C13H23N3/c1-6-16(9(2)3)13-7-10(4)15-11(5)12(13)8-14/h7,9H,6,8,14H2,1-5H3. The molecule has 0 atom stereocenters. The Morgan fingerprint density at radius 2 is 2.00 bits per heavy atom. The Labute approximate surface area is 98.7 Å². The van der Waals surface area contributed by atoms with E-state index >= 15 is 0 Å². The van der Waals surface area contributed by atoms with E-state index in [9.17, 15) is 0 Å². The van der Waals surface area contributed by atoms with E-state index in [2.05, 4.69) is 36.7 Å². The molecule has 0 bridgehead atoms. The second-order valence-corrected chi connectivity index (χ2v) is 4.43. The van der Waals surface area contributed by atoms with Gasteiger partial charge in [0.2, 0.25) is 0 Å². The van der Waals surface area contributed by atoms with Crippen LogP contribution >= 0.6 is 0 Å². The van der Waals surface area contributed by atoms with Crippen LogP contribution in [0.2, 0.25) is 0 Å². The molecule has 1 rings (SSSR count). The molecule has 1 aromatic heterocycles. The van der Waals surface area contributed by atoms with Crippen LogP contribution in [0.5, 0.6) is 0 Å². The molecule has 0 saturated heterocycles. The fourth-order valence-electron chi connectivity index (χ4n) is 2.16. The fourth-order valence-corrected chi connectivity index (χ4v) is 2.16. The van der Waals surface area contributed by atoms with Crippen LogP contribution < -0.4 is 10.6 Å². The number of nitrogens with zero attached hydrogens (tertiary/aromatic N) is 2. The largest absolute Gasteiger partial charge is 0.369 e. The normalized spacial score (nSPS) is 10.9. The van der Waals surface area contributed by atoms with Crippen LogP contribution in [0.1, 0.15) is 37.7 Å². The molecule has 0 radical (unpaired) electrons. The topological polar surface area (TPSA) is 42.2 Å². The Kier molecular flexibility index (Phi) is 4.30. The van der Waals surface area contributed by atoms with Gasteiger partial charge in [-0.1, -0.05) is 0 Å². The summed E-state index contributed by atoms with van der Waals surface area (Å²) in [5.41, 5.74) is 10.3. The Morgan fingerprint density at radius 1 is 1.38 bits per heavy atom. The third-order valence-electron chi connectivity index (χ3n) is 2.91. The molecule has 3 nitrogen and oxygen atoms in total. The molecule has 16 heavy (non-hydrogen) atoms. The highest BCUT2D eigenvalue weighted by molar-refractivity contribution is 5.56. The molecule has 2 N–H and O–H groups in total. The zero-order valence-electron chi connectivity index (χ0n) is 11.0. The van der Waals surface area contributed by atoms with Crippen molar-refractivity contribution in [3.63, 3.8) is 0 Å². The summed E-state index contributed by atoms with van der Waals surface area (Å²) in [5.74, 6) is 0. The van der Waals surface area contributed by atoms with Crippen molar-refractivity contribution in [3.05, 3.63) is 23.0 Å². The second-order valence-electron chi connectivity index (χ2n) is 4.43. The first-order valence-corrected chi connectivity index (χ1v) is 5.95. The van der Waals surface area contributed by atoms with E-state index in [4.69, 9.17) is 5.73 Å². The summed E-state index contributed by atoms with van der Waals surface area (Å²) < 4.78 is 0. The number of hydrogen-bond acceptors (Lipinski definition) is 3. The van der Waals surface area contributed by atoms with Crippen molar-refractivity contribution in [1.82, 2.24) is 4.98 Å². The fraction of sp³-hybridized carbons (Fsp3) is 0.615. The molecule has 0 fully saturated rings. The second kappa shape index (κ2) is 5.30. The van der Waals surface area contributed by atoms with Crippen LogP contribution in [0.15, 0.2) is 6.07 Å². The zero-order chi connectivity index (χ0) is 12.3. The van der Waals surface area contributed by atoms with Gasteiger partial charge in [-0.3, -0.25) is 4.98 Å². The maximum absolute atomic E-state index is 5.83. The van der Waals surface area contributed by atoms with Gasteiger partial charge in [-0.25, -0.2) is 0 Å². The average Bonchev–Trinajstić information content (AvgIpc) is 2.17. The van der Waals surface area contributed by atoms with Gasteiger partial charge in [-0.15, -0.1) is 0 Å². The number of rotatable bonds is 4. The number of aromatic nitrogens is 1. The van der Waals surface area contributed by atoms with Gasteiger partial charge in [0.25, 0.3) is 0 Å². The highest BCUT2D eigenvalue weighted by Gasteiger charge is 2.14. The van der Waals surface area contributed by atoms with Gasteiger partial charge in [-0.05, 0) is 40.7 Å². The summed E-state index contributed by atoms with van der Waals surface area (Å²) in [5, 5.41) is 0. The first-order chi connectivity index (χ1) is 7.51. The number of nitrogens with two attached hydrogens (primary N) is 1. The number of aryl methyl sites for hydroxylation is 2. The van der Waals surface area contributed by atoms with Gasteiger partial charge < -0.3 is 10.6 Å². The molecular formula is C13H23N3. The third kappa shape index (κ3) is 2.53. The highest BCUT2D eigenvalue weighted by atomic mass is 15.2. The van der Waals surface area contributed by atoms with Gasteiger partial charge in [0.15, 0.2) is 0 Å². The molecule has 0 aliphatic carbocycles. The van der Waals surface area contributed by atoms with E-state index in [-0.39, 0.29) is 0 Å². The molecule has 0 aromatic carbocycles. The Hall–Kier alpha value is -1.09. The SMILES string of the molecule is CCN(c1cc(C)nc(C)c1CN)C(C)C. The minimum Gasteiger partial charge on any atom is -0.369 e. The number of pyridine rings is 1. The van der Waals surface area contributed by atoms with Crippen LogP contribution in [0.25, 0.3) is 0 Å². The summed E-state index contributed by atoms with van der Waals surface area (Å²) in [6.07, 6.45) is 0. The lowest BCUT2D eigenvalue weighted by atomic mass is 10.1. The molecule has 0 aliphatic heterocycles. The zero-order valence-corrected chi connectivity index (χ0v) is 11.0. The monoisotopic (exact) mass is 221 g/mol. The lowest BCUT2D eigenvalue weighted by Gasteiger charge is -2.30. The van der Waals surface area contributed by atoms with Crippen molar-refractivity contribution in [3.8, 4) is 0 Å². The molecule has 0 unspecified atom stereocenters. The average molecular weight is 221 g/mol. The Balaban J connectivity index is 3.29. The Bertz CT molecular complexity index is 358. The van der Waals surface area contributed by atoms with E-state index in [0.717, 1.165) is 17.9 Å². The molecule has 0 amide bonds. The molecule has 0 saturated carbocycles. The van der Waals surface area contributed by atoms with Crippen molar-refractivity contribution < 1.29 is 0 Å². The van der Waals surface area contributed by atoms with E-state index in [1.807, 2.05) is 13.8 Å². The van der Waals surface area contributed by atoms with Crippen LogP contribution in [-0.2, 0) is 6.54 Å². The maximum Gasteiger partial charge on any atom is 0.0450 e. The molecule has 90 valence electrons. The van der Waals surface area contributed by atoms with Gasteiger partial charge in [0, 0.05) is 41.8 Å². The summed E-state index contributed by atoms with van der Waals surface area (Å²) >= 11 is 0. The van der Waals surface area contributed by atoms with Gasteiger partial charge in [0.1, 0.15) is 0 Å². The number of anilines is 1. The first kappa shape index (κ1) is 13.0. The van der Waals surface area contributed by atoms with E-state index in [1.54, 1.807) is 0 Å². The van der Waals surface area contributed by atoms with Crippen LogP contribution in [0.3, 0.4) is 0 Å². The summed E-state index contributed by atoms with van der Waals surface area (Å²) in [6.45, 7) is 12.2. The smallest absolute Gasteiger partial charge is 0.0450 e. The van der Waals surface area contributed by atoms with Gasteiger partial charge in [0.05, 0.1) is 0 Å². The van der Waals surface area contributed by atoms with Gasteiger partial charge >= 0.3 is 0 Å². The molecule has 1 heterocycles. The van der Waals surface area contributed by atoms with Crippen molar-refractivity contribution in [2.75, 3.05) is 11.4 Å². The number of hydrogen-bond donors (Lipinski definition) is 1. The molecule has 0 aliphatic rings. The molecule has 3 heteroatoms. The minimum absolute atomic E-state index is 0.483. The van der Waals surface area contributed by atoms with Crippen LogP contribution in [0, 0.1) is 13.8 Å². The van der Waals surface area contributed by atoms with Gasteiger partial charge in [-0.2, -0.15) is 0 Å². The quantitative estimate of drug-likeness (QED) is 0.849. The summed E-state index contributed by atoms with van der Waals surface area (Å²) in [6, 6.07) is 2.62. The molecular weight excluding hydrogens is 198 g/mol. The van der Waals surface area contributed by atoms with Crippen molar-refractivity contribution >= 4 is 5.69 Å². The summed E-state index contributed by atoms with van der Waals surface area (Å²) in [7, 11) is 0. The predicted octanol–water partition coefficient (Wildman–Crippen LogP) is 2.39. The highest BCUT2D eigenvalue weighted by Crippen LogP contribution is 2.25. The van der Waals surface area contributed by atoms with Crippen molar-refractivity contribution in [2.45, 2.75) is 47.2 Å². The van der Waals surface area contributed by atoms with E-state index in [0.29, 0.717) is 12.6 Å². The third-order valence-corrected chi connectivity index (χ3v) is 2.91. The van der Waals surface area contributed by atoms with Crippen LogP contribution in [-0.4, -0.2) is 17.6 Å². The molecule has 0 spiro atoms. The maximum atomic E-state index is 5.83. The molecule has 1 aromatic rings.